The van der Waals surface area contributed by atoms with Crippen molar-refractivity contribution in [2.75, 3.05) is 13.3 Å². The van der Waals surface area contributed by atoms with Crippen LogP contribution in [0.3, 0.4) is 0 Å². The molecule has 0 bridgehead atoms. The molecule has 3 heteroatoms. The smallest absolute Gasteiger partial charge is 0.100 e. The highest BCUT2D eigenvalue weighted by molar-refractivity contribution is 7.63. The predicted molar refractivity (Wildman–Crippen MR) is 46.6 cm³/mol. The highest BCUT2D eigenvalue weighted by atomic mass is 31.2. The Morgan fingerprint density at radius 2 is 1.64 bits per heavy atom. The van der Waals surface area contributed by atoms with E-state index in [1.54, 1.807) is 0 Å². The van der Waals surface area contributed by atoms with Crippen LogP contribution in [0.25, 0.3) is 0 Å². The van der Waals surface area contributed by atoms with Gasteiger partial charge in [0.05, 0.1) is 7.14 Å². The van der Waals surface area contributed by atoms with Gasteiger partial charge >= 0.3 is 0 Å². The summed E-state index contributed by atoms with van der Waals surface area (Å²) in [5, 5.41) is 0. The van der Waals surface area contributed by atoms with E-state index in [0.717, 1.165) is 12.8 Å². The quantitative estimate of drug-likeness (QED) is 0.564. The molecule has 0 spiro atoms. The SMILES string of the molecule is CP(C)(=O)C1CCC(F)CC1. The minimum atomic E-state index is -1.93. The van der Waals surface area contributed by atoms with Gasteiger partial charge in [-0.2, -0.15) is 0 Å². The fourth-order valence-electron chi connectivity index (χ4n) is 1.66. The molecule has 0 aromatic heterocycles. The molecule has 0 amide bonds. The number of hydrogen-bond donors (Lipinski definition) is 0. The molecule has 0 saturated heterocycles. The zero-order valence-electron chi connectivity index (χ0n) is 7.22. The first-order valence-electron chi connectivity index (χ1n) is 4.19. The van der Waals surface area contributed by atoms with Gasteiger partial charge in [-0.15, -0.1) is 0 Å². The van der Waals surface area contributed by atoms with Crippen LogP contribution in [-0.2, 0) is 4.57 Å². The third-order valence-corrected chi connectivity index (χ3v) is 4.78. The summed E-state index contributed by atoms with van der Waals surface area (Å²) in [4.78, 5) is 0. The lowest BCUT2D eigenvalue weighted by molar-refractivity contribution is 0.252. The number of halogens is 1. The molecule has 11 heavy (non-hydrogen) atoms. The van der Waals surface area contributed by atoms with Crippen LogP contribution in [0.4, 0.5) is 4.39 Å². The van der Waals surface area contributed by atoms with Crippen molar-refractivity contribution in [3.05, 3.63) is 0 Å². The van der Waals surface area contributed by atoms with Gasteiger partial charge in [-0.25, -0.2) is 4.39 Å². The lowest BCUT2D eigenvalue weighted by Gasteiger charge is -2.27. The lowest BCUT2D eigenvalue weighted by Crippen LogP contribution is -2.19. The summed E-state index contributed by atoms with van der Waals surface area (Å²) in [6.07, 6.45) is 2.27. The van der Waals surface area contributed by atoms with Crippen molar-refractivity contribution in [3.8, 4) is 0 Å². The first kappa shape index (κ1) is 9.25. The van der Waals surface area contributed by atoms with Crippen LogP contribution < -0.4 is 0 Å². The molecule has 0 aromatic carbocycles. The van der Waals surface area contributed by atoms with Crippen molar-refractivity contribution >= 4 is 7.14 Å². The largest absolute Gasteiger partial charge is 0.324 e. The fraction of sp³-hybridized carbons (Fsp3) is 1.00. The summed E-state index contributed by atoms with van der Waals surface area (Å²) in [5.74, 6) is 0. The molecule has 66 valence electrons. The summed E-state index contributed by atoms with van der Waals surface area (Å²) >= 11 is 0. The Bertz CT molecular complexity index is 167. The van der Waals surface area contributed by atoms with Gasteiger partial charge in [0.25, 0.3) is 0 Å². The van der Waals surface area contributed by atoms with Gasteiger partial charge in [0.1, 0.15) is 6.17 Å². The third-order valence-electron chi connectivity index (χ3n) is 2.51. The average Bonchev–Trinajstić information content (AvgIpc) is 1.86. The zero-order chi connectivity index (χ0) is 8.48. The molecule has 1 aliphatic rings. The molecule has 0 aromatic rings. The van der Waals surface area contributed by atoms with Crippen LogP contribution in [0.5, 0.6) is 0 Å². The van der Waals surface area contributed by atoms with Gasteiger partial charge in [0, 0.05) is 5.66 Å². The molecule has 0 aliphatic heterocycles. The van der Waals surface area contributed by atoms with E-state index in [1.807, 2.05) is 13.3 Å². The molecule has 0 heterocycles. The van der Waals surface area contributed by atoms with Crippen LogP contribution >= 0.6 is 7.14 Å². The van der Waals surface area contributed by atoms with E-state index in [9.17, 15) is 8.96 Å². The van der Waals surface area contributed by atoms with Crippen LogP contribution in [-0.4, -0.2) is 25.2 Å². The molecule has 1 aliphatic carbocycles. The monoisotopic (exact) mass is 178 g/mol. The lowest BCUT2D eigenvalue weighted by atomic mass is 9.98. The van der Waals surface area contributed by atoms with E-state index < -0.39 is 13.3 Å². The second kappa shape index (κ2) is 3.26. The van der Waals surface area contributed by atoms with E-state index in [-0.39, 0.29) is 0 Å². The van der Waals surface area contributed by atoms with E-state index >= 15 is 0 Å². The van der Waals surface area contributed by atoms with Gasteiger partial charge in [-0.05, 0) is 39.0 Å². The van der Waals surface area contributed by atoms with Gasteiger partial charge in [0.2, 0.25) is 0 Å². The molecule has 1 rings (SSSR count). The van der Waals surface area contributed by atoms with Crippen molar-refractivity contribution in [1.82, 2.24) is 0 Å². The Labute approximate surface area is 67.7 Å². The van der Waals surface area contributed by atoms with Crippen molar-refractivity contribution < 1.29 is 8.96 Å². The third kappa shape index (κ3) is 2.59. The molecule has 0 unspecified atom stereocenters. The molecule has 0 N–H and O–H groups in total. The van der Waals surface area contributed by atoms with Crippen molar-refractivity contribution in [2.45, 2.75) is 37.5 Å². The Balaban J connectivity index is 2.46. The van der Waals surface area contributed by atoms with Crippen molar-refractivity contribution in [1.29, 1.82) is 0 Å². The summed E-state index contributed by atoms with van der Waals surface area (Å²) in [6, 6.07) is 0. The average molecular weight is 178 g/mol. The van der Waals surface area contributed by atoms with E-state index in [1.165, 1.54) is 0 Å². The molecule has 1 fully saturated rings. The Morgan fingerprint density at radius 3 is 2.00 bits per heavy atom. The summed E-state index contributed by atoms with van der Waals surface area (Å²) in [5.41, 5.74) is 0.300. The summed E-state index contributed by atoms with van der Waals surface area (Å²) in [7, 11) is -1.93. The highest BCUT2D eigenvalue weighted by Crippen LogP contribution is 2.49. The second-order valence-electron chi connectivity index (χ2n) is 3.84. The summed E-state index contributed by atoms with van der Waals surface area (Å²) < 4.78 is 24.2. The fourth-order valence-corrected chi connectivity index (χ4v) is 3.20. The zero-order valence-corrected chi connectivity index (χ0v) is 8.11. The second-order valence-corrected chi connectivity index (χ2v) is 7.44. The van der Waals surface area contributed by atoms with Gasteiger partial charge in [-0.1, -0.05) is 0 Å². The Hall–Kier alpha value is 0.160. The van der Waals surface area contributed by atoms with Crippen LogP contribution in [0.15, 0.2) is 0 Å². The minimum absolute atomic E-state index is 0.300. The normalized spacial score (nSPS) is 33.7. The van der Waals surface area contributed by atoms with E-state index in [2.05, 4.69) is 0 Å². The molecule has 0 atom stereocenters. The van der Waals surface area contributed by atoms with Crippen molar-refractivity contribution in [3.63, 3.8) is 0 Å². The van der Waals surface area contributed by atoms with E-state index in [4.69, 9.17) is 0 Å². The number of rotatable bonds is 1. The van der Waals surface area contributed by atoms with E-state index in [0.29, 0.717) is 18.5 Å². The maximum absolute atomic E-state index is 12.7. The van der Waals surface area contributed by atoms with Crippen LogP contribution in [0, 0.1) is 0 Å². The van der Waals surface area contributed by atoms with Gasteiger partial charge in [-0.3, -0.25) is 0 Å². The van der Waals surface area contributed by atoms with Crippen LogP contribution in [0.2, 0.25) is 0 Å². The Kier molecular flexibility index (Phi) is 2.74. The molecule has 1 nitrogen and oxygen atoms in total. The van der Waals surface area contributed by atoms with Gasteiger partial charge < -0.3 is 4.57 Å². The maximum Gasteiger partial charge on any atom is 0.100 e. The first-order valence-corrected chi connectivity index (χ1v) is 6.86. The predicted octanol–water partition coefficient (Wildman–Crippen LogP) is 2.89. The molecule has 0 radical (unpaired) electrons. The Morgan fingerprint density at radius 1 is 1.18 bits per heavy atom. The van der Waals surface area contributed by atoms with Gasteiger partial charge in [0.15, 0.2) is 0 Å². The molecule has 1 saturated carbocycles. The highest BCUT2D eigenvalue weighted by Gasteiger charge is 2.28. The first-order chi connectivity index (χ1) is 5.00. The molecular formula is C8H16FOP. The topological polar surface area (TPSA) is 17.1 Å². The standard InChI is InChI=1S/C8H16FOP/c1-11(2,10)8-5-3-7(9)4-6-8/h7-8H,3-6H2,1-2H3. The maximum atomic E-state index is 12.7. The summed E-state index contributed by atoms with van der Waals surface area (Å²) in [6.45, 7) is 3.63. The van der Waals surface area contributed by atoms with Crippen molar-refractivity contribution in [2.24, 2.45) is 0 Å². The number of alkyl halides is 1. The molecular weight excluding hydrogens is 162 g/mol. The van der Waals surface area contributed by atoms with Crippen LogP contribution in [0.1, 0.15) is 25.7 Å². The minimum Gasteiger partial charge on any atom is -0.324 e. The number of hydrogen-bond acceptors (Lipinski definition) is 1.